The lowest BCUT2D eigenvalue weighted by molar-refractivity contribution is -0.389. The normalized spacial score (nSPS) is 10.5. The minimum Gasteiger partial charge on any atom is -0.504 e. The first-order valence-electron chi connectivity index (χ1n) is 5.17. The standard InChI is InChI=1S/C10H10F2N2O5/c1-2-19-7(15)4-5-3-6(14(17)18)13-8(9(5)16)10(11)12/h3,10,16H,2,4H2,1H3. The molecular formula is C10H10F2N2O5. The van der Waals surface area contributed by atoms with Gasteiger partial charge in [0.1, 0.15) is 0 Å². The monoisotopic (exact) mass is 276 g/mol. The molecule has 1 N–H and O–H groups in total. The van der Waals surface area contributed by atoms with Gasteiger partial charge in [0, 0.05) is 11.6 Å². The fraction of sp³-hybridized carbons (Fsp3) is 0.400. The highest BCUT2D eigenvalue weighted by atomic mass is 19.3. The van der Waals surface area contributed by atoms with Gasteiger partial charge in [-0.25, -0.2) is 8.78 Å². The van der Waals surface area contributed by atoms with Crippen molar-refractivity contribution in [1.29, 1.82) is 0 Å². The molecule has 0 fully saturated rings. The van der Waals surface area contributed by atoms with Gasteiger partial charge in [-0.15, -0.1) is 0 Å². The molecule has 0 spiro atoms. The zero-order chi connectivity index (χ0) is 14.6. The van der Waals surface area contributed by atoms with Crippen molar-refractivity contribution < 1.29 is 28.3 Å². The number of hydrogen-bond donors (Lipinski definition) is 1. The summed E-state index contributed by atoms with van der Waals surface area (Å²) < 4.78 is 29.7. The third kappa shape index (κ3) is 3.57. The van der Waals surface area contributed by atoms with E-state index in [2.05, 4.69) is 9.72 Å². The van der Waals surface area contributed by atoms with Gasteiger partial charge in [0.15, 0.2) is 5.75 Å². The number of nitro groups is 1. The Kier molecular flexibility index (Phi) is 4.67. The van der Waals surface area contributed by atoms with Gasteiger partial charge in [-0.3, -0.25) is 4.79 Å². The van der Waals surface area contributed by atoms with Crippen molar-refractivity contribution in [2.45, 2.75) is 19.8 Å². The van der Waals surface area contributed by atoms with Crippen LogP contribution in [0.4, 0.5) is 14.6 Å². The van der Waals surface area contributed by atoms with Crippen LogP contribution in [0.1, 0.15) is 24.6 Å². The molecule has 0 atom stereocenters. The number of esters is 1. The van der Waals surface area contributed by atoms with Crippen LogP contribution in [-0.4, -0.2) is 27.6 Å². The van der Waals surface area contributed by atoms with E-state index in [1.54, 1.807) is 0 Å². The first-order valence-corrected chi connectivity index (χ1v) is 5.17. The number of aromatic hydroxyl groups is 1. The van der Waals surface area contributed by atoms with Crippen molar-refractivity contribution in [2.75, 3.05) is 6.61 Å². The number of carbonyl (C=O) groups excluding carboxylic acids is 1. The summed E-state index contributed by atoms with van der Waals surface area (Å²) in [6.07, 6.45) is -3.75. The maximum Gasteiger partial charge on any atom is 0.364 e. The second kappa shape index (κ2) is 6.03. The molecule has 0 aliphatic heterocycles. The molecule has 0 aromatic carbocycles. The third-order valence-corrected chi connectivity index (χ3v) is 2.12. The Bertz CT molecular complexity index is 507. The van der Waals surface area contributed by atoms with Crippen molar-refractivity contribution in [3.8, 4) is 5.75 Å². The van der Waals surface area contributed by atoms with E-state index >= 15 is 0 Å². The predicted octanol–water partition coefficient (Wildman–Crippen LogP) is 1.74. The maximum atomic E-state index is 12.6. The highest BCUT2D eigenvalue weighted by Gasteiger charge is 2.28. The van der Waals surface area contributed by atoms with Gasteiger partial charge < -0.3 is 20.0 Å². The number of aromatic nitrogens is 1. The van der Waals surface area contributed by atoms with Crippen molar-refractivity contribution in [1.82, 2.24) is 4.98 Å². The maximum absolute atomic E-state index is 12.6. The van der Waals surface area contributed by atoms with Crippen LogP contribution < -0.4 is 0 Å². The summed E-state index contributed by atoms with van der Waals surface area (Å²) >= 11 is 0. The van der Waals surface area contributed by atoms with Gasteiger partial charge in [0.2, 0.25) is 0 Å². The van der Waals surface area contributed by atoms with Crippen LogP contribution in [0.25, 0.3) is 0 Å². The van der Waals surface area contributed by atoms with E-state index in [9.17, 15) is 28.8 Å². The van der Waals surface area contributed by atoms with Gasteiger partial charge in [0.25, 0.3) is 5.69 Å². The number of halogens is 2. The molecule has 0 aliphatic carbocycles. The Morgan fingerprint density at radius 1 is 1.63 bits per heavy atom. The van der Waals surface area contributed by atoms with E-state index in [0.29, 0.717) is 0 Å². The largest absolute Gasteiger partial charge is 0.504 e. The Hall–Kier alpha value is -2.32. The fourth-order valence-corrected chi connectivity index (χ4v) is 1.35. The molecule has 1 aromatic heterocycles. The molecule has 0 amide bonds. The molecule has 7 nitrogen and oxygen atoms in total. The molecule has 0 saturated carbocycles. The Labute approximate surface area is 106 Å². The Morgan fingerprint density at radius 2 is 2.26 bits per heavy atom. The smallest absolute Gasteiger partial charge is 0.364 e. The second-order valence-corrected chi connectivity index (χ2v) is 3.41. The lowest BCUT2D eigenvalue weighted by atomic mass is 10.1. The molecule has 0 radical (unpaired) electrons. The van der Waals surface area contributed by atoms with E-state index in [1.165, 1.54) is 6.92 Å². The lowest BCUT2D eigenvalue weighted by Crippen LogP contribution is -2.09. The van der Waals surface area contributed by atoms with Gasteiger partial charge >= 0.3 is 18.2 Å². The van der Waals surface area contributed by atoms with E-state index in [-0.39, 0.29) is 12.2 Å². The second-order valence-electron chi connectivity index (χ2n) is 3.41. The summed E-state index contributed by atoms with van der Waals surface area (Å²) in [7, 11) is 0. The molecular weight excluding hydrogens is 266 g/mol. The average Bonchev–Trinajstić information content (AvgIpc) is 2.31. The van der Waals surface area contributed by atoms with E-state index in [4.69, 9.17) is 0 Å². The van der Waals surface area contributed by atoms with Crippen LogP contribution in [0.5, 0.6) is 5.75 Å². The summed E-state index contributed by atoms with van der Waals surface area (Å²) in [4.78, 5) is 23.8. The summed E-state index contributed by atoms with van der Waals surface area (Å²) in [5, 5.41) is 20.1. The van der Waals surface area contributed by atoms with Gasteiger partial charge in [-0.05, 0) is 16.8 Å². The number of rotatable bonds is 5. The first kappa shape index (κ1) is 14.7. The number of pyridine rings is 1. The Balaban J connectivity index is 3.21. The zero-order valence-corrected chi connectivity index (χ0v) is 9.80. The van der Waals surface area contributed by atoms with E-state index in [1.807, 2.05) is 0 Å². The van der Waals surface area contributed by atoms with Crippen molar-refractivity contribution in [2.24, 2.45) is 0 Å². The quantitative estimate of drug-likeness (QED) is 0.499. The minimum absolute atomic E-state index is 0.0640. The number of ether oxygens (including phenoxy) is 1. The van der Waals surface area contributed by atoms with Crippen LogP contribution in [0.2, 0.25) is 0 Å². The fourth-order valence-electron chi connectivity index (χ4n) is 1.35. The van der Waals surface area contributed by atoms with Crippen LogP contribution in [0.15, 0.2) is 6.07 Å². The third-order valence-electron chi connectivity index (χ3n) is 2.12. The molecule has 1 rings (SSSR count). The molecule has 0 aliphatic rings. The molecule has 1 heterocycles. The number of carbonyl (C=O) groups is 1. The first-order chi connectivity index (χ1) is 8.86. The summed E-state index contributed by atoms with van der Waals surface area (Å²) in [6, 6.07) is 0.762. The predicted molar refractivity (Wildman–Crippen MR) is 57.9 cm³/mol. The van der Waals surface area contributed by atoms with Gasteiger partial charge in [-0.2, -0.15) is 0 Å². The lowest BCUT2D eigenvalue weighted by Gasteiger charge is -2.06. The number of hydrogen-bond acceptors (Lipinski definition) is 6. The molecule has 0 unspecified atom stereocenters. The number of alkyl halides is 2. The SMILES string of the molecule is CCOC(=O)Cc1cc([N+](=O)[O-])nc(C(F)F)c1O. The molecule has 0 bridgehead atoms. The van der Waals surface area contributed by atoms with Crippen molar-refractivity contribution in [3.63, 3.8) is 0 Å². The minimum atomic E-state index is -3.19. The summed E-state index contributed by atoms with van der Waals surface area (Å²) in [6.45, 7) is 1.60. The van der Waals surface area contributed by atoms with Crippen molar-refractivity contribution in [3.05, 3.63) is 27.4 Å². The van der Waals surface area contributed by atoms with Crippen LogP contribution >= 0.6 is 0 Å². The highest BCUT2D eigenvalue weighted by Crippen LogP contribution is 2.32. The number of nitrogens with zero attached hydrogens (tertiary/aromatic N) is 2. The molecule has 9 heteroatoms. The average molecular weight is 276 g/mol. The summed E-state index contributed by atoms with van der Waals surface area (Å²) in [5.41, 5.74) is -1.45. The van der Waals surface area contributed by atoms with Gasteiger partial charge in [-0.1, -0.05) is 0 Å². The Morgan fingerprint density at radius 3 is 2.74 bits per heavy atom. The molecule has 0 saturated heterocycles. The summed E-state index contributed by atoms with van der Waals surface area (Å²) in [5.74, 6) is -2.60. The van der Waals surface area contributed by atoms with Gasteiger partial charge in [0.05, 0.1) is 13.0 Å². The molecule has 104 valence electrons. The molecule has 1 aromatic rings. The van der Waals surface area contributed by atoms with E-state index < -0.39 is 41.0 Å². The van der Waals surface area contributed by atoms with Crippen LogP contribution in [-0.2, 0) is 16.0 Å². The van der Waals surface area contributed by atoms with E-state index in [0.717, 1.165) is 6.07 Å². The van der Waals surface area contributed by atoms with Crippen molar-refractivity contribution >= 4 is 11.8 Å². The molecule has 19 heavy (non-hydrogen) atoms. The zero-order valence-electron chi connectivity index (χ0n) is 9.80. The topological polar surface area (TPSA) is 103 Å². The highest BCUT2D eigenvalue weighted by molar-refractivity contribution is 5.74. The van der Waals surface area contributed by atoms with Crippen LogP contribution in [0, 0.1) is 10.1 Å². The van der Waals surface area contributed by atoms with Crippen LogP contribution in [0.3, 0.4) is 0 Å².